The van der Waals surface area contributed by atoms with Gasteiger partial charge in [0.05, 0.1) is 0 Å². The number of hydrogen-bond acceptors (Lipinski definition) is 1. The highest BCUT2D eigenvalue weighted by Gasteiger charge is 2.37. The predicted molar refractivity (Wildman–Crippen MR) is 246 cm³/mol. The minimum absolute atomic E-state index is 0.170. The highest BCUT2D eigenvalue weighted by atomic mass is 16.3. The highest BCUT2D eigenvalue weighted by Crippen LogP contribution is 2.52. The Morgan fingerprint density at radius 2 is 0.857 bits per heavy atom. The summed E-state index contributed by atoms with van der Waals surface area (Å²) in [4.78, 5) is 0. The van der Waals surface area contributed by atoms with Crippen molar-refractivity contribution >= 4 is 150 Å². The topological polar surface area (TPSA) is 13.1 Å². The summed E-state index contributed by atoms with van der Waals surface area (Å²) >= 11 is 0. The molecule has 1 aliphatic carbocycles. The number of benzene rings is 8. The molecule has 1 aromatic heterocycles. The van der Waals surface area contributed by atoms with Gasteiger partial charge < -0.3 is 4.42 Å². The van der Waals surface area contributed by atoms with Gasteiger partial charge in [0.2, 0.25) is 0 Å². The van der Waals surface area contributed by atoms with E-state index >= 15 is 0 Å². The van der Waals surface area contributed by atoms with E-state index in [2.05, 4.69) is 80.6 Å². The number of rotatable bonds is 3. The molecule has 0 saturated heterocycles. The lowest BCUT2D eigenvalue weighted by molar-refractivity contribution is 0.662. The van der Waals surface area contributed by atoms with Crippen LogP contribution in [0.25, 0.3) is 88.0 Å². The smallest absolute Gasteiger partial charge is 0.135 e. The monoisotopic (exact) mass is 692 g/mol. The first-order chi connectivity index (χ1) is 26.9. The first kappa shape index (κ1) is 35.0. The molecule has 0 N–H and O–H groups in total. The second kappa shape index (κ2) is 12.3. The zero-order chi connectivity index (χ0) is 38.9. The number of furan rings is 1. The lowest BCUT2D eigenvalue weighted by Crippen LogP contribution is -2.50. The summed E-state index contributed by atoms with van der Waals surface area (Å²) in [6, 6.07) is 37.3. The lowest BCUT2D eigenvalue weighted by Gasteiger charge is -2.28. The quantitative estimate of drug-likeness (QED) is 0.204. The van der Waals surface area contributed by atoms with Crippen molar-refractivity contribution in [1.29, 1.82) is 0 Å². The zero-order valence-corrected chi connectivity index (χ0v) is 30.9. The molecule has 0 saturated carbocycles. The molecular formula is C47H24B8O. The van der Waals surface area contributed by atoms with Crippen molar-refractivity contribution in [3.63, 3.8) is 0 Å². The Balaban J connectivity index is 1.30. The van der Waals surface area contributed by atoms with Crippen LogP contribution in [0.2, 0.25) is 0 Å². The Kier molecular flexibility index (Phi) is 7.70. The van der Waals surface area contributed by atoms with E-state index in [1.165, 1.54) is 22.3 Å². The zero-order valence-electron chi connectivity index (χ0n) is 30.9. The van der Waals surface area contributed by atoms with Crippen LogP contribution in [0, 0.1) is 0 Å². The molecule has 9 heteroatoms. The first-order valence-corrected chi connectivity index (χ1v) is 18.4. The van der Waals surface area contributed by atoms with Gasteiger partial charge in [0.1, 0.15) is 73.9 Å². The summed E-state index contributed by atoms with van der Waals surface area (Å²) in [6.07, 6.45) is 0. The average molecular weight is 691 g/mol. The molecule has 0 amide bonds. The molecule has 0 bridgehead atoms. The molecule has 0 atom stereocenters. The maximum Gasteiger partial charge on any atom is 0.135 e. The van der Waals surface area contributed by atoms with E-state index < -0.39 is 0 Å². The molecule has 16 radical (unpaired) electrons. The van der Waals surface area contributed by atoms with Crippen molar-refractivity contribution in [1.82, 2.24) is 0 Å². The van der Waals surface area contributed by atoms with E-state index in [1.807, 2.05) is 42.5 Å². The van der Waals surface area contributed by atoms with Crippen LogP contribution in [0.1, 0.15) is 25.0 Å². The minimum Gasteiger partial charge on any atom is -0.456 e. The highest BCUT2D eigenvalue weighted by molar-refractivity contribution is 6.71. The van der Waals surface area contributed by atoms with Gasteiger partial charge in [-0.1, -0.05) is 127 Å². The third-order valence-electron chi connectivity index (χ3n) is 12.0. The second-order valence-corrected chi connectivity index (χ2v) is 15.3. The number of para-hydroxylation sites is 1. The van der Waals surface area contributed by atoms with Crippen LogP contribution in [-0.4, -0.2) is 62.8 Å². The Hall–Kier alpha value is -5.40. The SMILES string of the molecule is [B]c1c([B])c([B])c2c(-c3ccc4oc5ccccc5c4c3)c3c([B])c([B])c([B])c([B])c3c(-c3ccc(-c4cccc5c4C(C)(C)c4ccccc4-5)cc3)c2c1[B]. The summed E-state index contributed by atoms with van der Waals surface area (Å²) in [5, 5.41) is 4.16. The van der Waals surface area contributed by atoms with Crippen molar-refractivity contribution in [2.75, 3.05) is 0 Å². The van der Waals surface area contributed by atoms with Gasteiger partial charge in [0, 0.05) is 16.2 Å². The fourth-order valence-electron chi connectivity index (χ4n) is 9.31. The lowest BCUT2D eigenvalue weighted by atomic mass is 9.59. The van der Waals surface area contributed by atoms with Crippen molar-refractivity contribution in [3.05, 3.63) is 120 Å². The van der Waals surface area contributed by atoms with E-state index in [4.69, 9.17) is 67.2 Å². The Labute approximate surface area is 336 Å². The molecule has 1 nitrogen and oxygen atoms in total. The van der Waals surface area contributed by atoms with Gasteiger partial charge in [-0.15, -0.1) is 21.9 Å². The Bertz CT molecular complexity index is 3110. The number of fused-ring (bicyclic) bond motifs is 8. The van der Waals surface area contributed by atoms with Crippen molar-refractivity contribution in [3.8, 4) is 44.5 Å². The minimum atomic E-state index is -0.192. The molecule has 0 fully saturated rings. The standard InChI is InChI=1S/C47H24B8O/c1-47(2)29-12-5-3-8-25(29)27-11-7-10-24(38(27)47)21-14-16-22(17-15-21)32-34-36(41(50)45(54)43(52)39(34)48)33(37-35(32)40(49)44(53)46(55)42(37)51)23-18-19-31-28(20-23)26-9-4-6-13-30(26)56-31/h3-20H,1-2H3. The molecule has 242 valence electrons. The van der Waals surface area contributed by atoms with Crippen LogP contribution >= 0.6 is 0 Å². The fraction of sp³-hybridized carbons (Fsp3) is 0.0638. The molecule has 56 heavy (non-hydrogen) atoms. The van der Waals surface area contributed by atoms with E-state index in [1.54, 1.807) is 0 Å². The molecular weight excluding hydrogens is 667 g/mol. The normalized spacial score (nSPS) is 13.2. The van der Waals surface area contributed by atoms with E-state index in [9.17, 15) is 0 Å². The van der Waals surface area contributed by atoms with Gasteiger partial charge in [-0.2, -0.15) is 0 Å². The molecule has 9 aromatic rings. The summed E-state index contributed by atoms with van der Waals surface area (Å²) in [7, 11) is 54.6. The van der Waals surface area contributed by atoms with Crippen LogP contribution < -0.4 is 43.7 Å². The van der Waals surface area contributed by atoms with Crippen LogP contribution in [0.5, 0.6) is 0 Å². The largest absolute Gasteiger partial charge is 0.456 e. The van der Waals surface area contributed by atoms with Gasteiger partial charge in [-0.05, 0) is 95.4 Å². The van der Waals surface area contributed by atoms with E-state index in [-0.39, 0.29) is 49.1 Å². The van der Waals surface area contributed by atoms with Gasteiger partial charge in [-0.25, -0.2) is 0 Å². The first-order valence-electron chi connectivity index (χ1n) is 18.4. The van der Waals surface area contributed by atoms with Crippen molar-refractivity contribution in [2.45, 2.75) is 19.3 Å². The Morgan fingerprint density at radius 1 is 0.393 bits per heavy atom. The van der Waals surface area contributed by atoms with Crippen LogP contribution in [-0.2, 0) is 5.41 Å². The predicted octanol–water partition coefficient (Wildman–Crippen LogP) is 3.55. The molecule has 8 aromatic carbocycles. The van der Waals surface area contributed by atoms with E-state index in [0.29, 0.717) is 32.7 Å². The molecule has 1 aliphatic rings. The van der Waals surface area contributed by atoms with E-state index in [0.717, 1.165) is 44.2 Å². The third kappa shape index (κ3) is 4.67. The molecule has 0 unspecified atom stereocenters. The van der Waals surface area contributed by atoms with Gasteiger partial charge >= 0.3 is 0 Å². The molecule has 0 spiro atoms. The summed E-state index contributed by atoms with van der Waals surface area (Å²) in [5.41, 5.74) is 13.2. The maximum absolute atomic E-state index is 7.02. The van der Waals surface area contributed by atoms with Gasteiger partial charge in [-0.3, -0.25) is 0 Å². The summed E-state index contributed by atoms with van der Waals surface area (Å²) < 4.78 is 6.18. The molecule has 0 aliphatic heterocycles. The third-order valence-corrected chi connectivity index (χ3v) is 12.0. The second-order valence-electron chi connectivity index (χ2n) is 15.3. The molecule has 10 rings (SSSR count). The Morgan fingerprint density at radius 3 is 1.48 bits per heavy atom. The fourth-order valence-corrected chi connectivity index (χ4v) is 9.31. The molecule has 1 heterocycles. The van der Waals surface area contributed by atoms with Crippen LogP contribution in [0.3, 0.4) is 0 Å². The van der Waals surface area contributed by atoms with Crippen molar-refractivity contribution in [2.24, 2.45) is 0 Å². The summed E-state index contributed by atoms with van der Waals surface area (Å²) in [5.74, 6) is 0. The summed E-state index contributed by atoms with van der Waals surface area (Å²) in [6.45, 7) is 4.57. The van der Waals surface area contributed by atoms with Crippen molar-refractivity contribution < 1.29 is 4.42 Å². The van der Waals surface area contributed by atoms with Gasteiger partial charge in [0.15, 0.2) is 0 Å². The van der Waals surface area contributed by atoms with Crippen LogP contribution in [0.15, 0.2) is 114 Å². The average Bonchev–Trinajstić information content (AvgIpc) is 3.71. The van der Waals surface area contributed by atoms with Gasteiger partial charge in [0.25, 0.3) is 0 Å². The number of hydrogen-bond donors (Lipinski definition) is 0. The van der Waals surface area contributed by atoms with Crippen LogP contribution in [0.4, 0.5) is 0 Å². The maximum atomic E-state index is 7.02.